The monoisotopic (exact) mass is 296 g/mol. The molecule has 21 heavy (non-hydrogen) atoms. The smallest absolute Gasteiger partial charge is 0.320 e. The van der Waals surface area contributed by atoms with Gasteiger partial charge >= 0.3 is 12.0 Å². The average Bonchev–Trinajstić information content (AvgIpc) is 3.17. The van der Waals surface area contributed by atoms with Crippen LogP contribution >= 0.6 is 0 Å². The Morgan fingerprint density at radius 1 is 1.33 bits per heavy atom. The predicted molar refractivity (Wildman–Crippen MR) is 78.1 cm³/mol. The quantitative estimate of drug-likeness (QED) is 0.724. The van der Waals surface area contributed by atoms with Crippen LogP contribution in [0, 0.1) is 5.92 Å². The van der Waals surface area contributed by atoms with Gasteiger partial charge in [-0.05, 0) is 19.3 Å². The highest BCUT2D eigenvalue weighted by Crippen LogP contribution is 2.29. The maximum absolute atomic E-state index is 12.8. The van der Waals surface area contributed by atoms with Gasteiger partial charge in [0.1, 0.15) is 5.92 Å². The summed E-state index contributed by atoms with van der Waals surface area (Å²) < 4.78 is 5.31. The third kappa shape index (κ3) is 3.56. The summed E-state index contributed by atoms with van der Waals surface area (Å²) in [4.78, 5) is 27.6. The number of urea groups is 1. The topological polar surface area (TPSA) is 70.1 Å². The van der Waals surface area contributed by atoms with Crippen molar-refractivity contribution in [2.75, 3.05) is 26.3 Å². The number of ether oxygens (including phenoxy) is 1. The summed E-state index contributed by atoms with van der Waals surface area (Å²) in [5.74, 6) is -1.53. The third-order valence-electron chi connectivity index (χ3n) is 4.04. The Hall–Kier alpha value is -1.56. The van der Waals surface area contributed by atoms with Crippen molar-refractivity contribution in [3.8, 4) is 0 Å². The maximum Gasteiger partial charge on any atom is 0.320 e. The predicted octanol–water partition coefficient (Wildman–Crippen LogP) is 1.57. The number of amides is 2. The summed E-state index contributed by atoms with van der Waals surface area (Å²) in [6.07, 6.45) is 4.55. The molecule has 0 spiro atoms. The van der Waals surface area contributed by atoms with Crippen molar-refractivity contribution in [2.45, 2.75) is 38.3 Å². The summed E-state index contributed by atoms with van der Waals surface area (Å²) in [6, 6.07) is -0.178. The van der Waals surface area contributed by atoms with Gasteiger partial charge in [-0.2, -0.15) is 0 Å². The van der Waals surface area contributed by atoms with E-state index >= 15 is 0 Å². The van der Waals surface area contributed by atoms with Crippen molar-refractivity contribution in [1.29, 1.82) is 0 Å². The molecule has 6 heteroatoms. The van der Waals surface area contributed by atoms with Gasteiger partial charge in [0.2, 0.25) is 0 Å². The summed E-state index contributed by atoms with van der Waals surface area (Å²) in [5.41, 5.74) is 0. The maximum atomic E-state index is 12.8. The van der Waals surface area contributed by atoms with Crippen LogP contribution in [0.2, 0.25) is 0 Å². The van der Waals surface area contributed by atoms with E-state index in [0.29, 0.717) is 19.7 Å². The minimum absolute atomic E-state index is 0.0824. The number of aliphatic carboxylic acids is 1. The third-order valence-corrected chi connectivity index (χ3v) is 4.04. The second-order valence-corrected chi connectivity index (χ2v) is 5.70. The van der Waals surface area contributed by atoms with Gasteiger partial charge in [0, 0.05) is 19.1 Å². The second-order valence-electron chi connectivity index (χ2n) is 5.70. The highest BCUT2D eigenvalue weighted by Gasteiger charge is 2.42. The van der Waals surface area contributed by atoms with Gasteiger partial charge in [0.05, 0.1) is 19.3 Å². The first-order chi connectivity index (χ1) is 10.1. The molecule has 0 bridgehead atoms. The molecule has 1 aliphatic carbocycles. The second kappa shape index (κ2) is 6.93. The Bertz CT molecular complexity index is 408. The molecule has 1 N–H and O–H groups in total. The molecule has 2 atom stereocenters. The molecule has 118 valence electrons. The minimum atomic E-state index is -0.895. The molecule has 1 saturated heterocycles. The highest BCUT2D eigenvalue weighted by atomic mass is 16.5. The molecular weight excluding hydrogens is 272 g/mol. The Kier molecular flexibility index (Phi) is 5.22. The van der Waals surface area contributed by atoms with E-state index in [2.05, 4.69) is 6.58 Å². The molecule has 2 rings (SSSR count). The highest BCUT2D eigenvalue weighted by molar-refractivity contribution is 5.78. The van der Waals surface area contributed by atoms with Crippen LogP contribution in [0.1, 0.15) is 26.2 Å². The fourth-order valence-electron chi connectivity index (χ4n) is 2.80. The zero-order chi connectivity index (χ0) is 15.4. The Morgan fingerprint density at radius 3 is 2.57 bits per heavy atom. The van der Waals surface area contributed by atoms with E-state index in [4.69, 9.17) is 4.74 Å². The number of carbonyl (C=O) groups excluding carboxylic acids is 1. The fourth-order valence-corrected chi connectivity index (χ4v) is 2.80. The Balaban J connectivity index is 2.14. The van der Waals surface area contributed by atoms with Crippen molar-refractivity contribution in [1.82, 2.24) is 9.80 Å². The molecule has 1 saturated carbocycles. The number of carboxylic acids is 1. The lowest BCUT2D eigenvalue weighted by Crippen LogP contribution is -2.52. The van der Waals surface area contributed by atoms with Crippen molar-refractivity contribution < 1.29 is 19.4 Å². The lowest BCUT2D eigenvalue weighted by atomic mass is 10.0. The number of nitrogens with zero attached hydrogens (tertiary/aromatic N) is 2. The van der Waals surface area contributed by atoms with Crippen LogP contribution < -0.4 is 0 Å². The van der Waals surface area contributed by atoms with Crippen LogP contribution in [0.25, 0.3) is 0 Å². The first kappa shape index (κ1) is 15.8. The zero-order valence-corrected chi connectivity index (χ0v) is 12.5. The summed E-state index contributed by atoms with van der Waals surface area (Å²) >= 11 is 0. The van der Waals surface area contributed by atoms with Crippen LogP contribution in [0.5, 0.6) is 0 Å². The number of hydrogen-bond donors (Lipinski definition) is 1. The van der Waals surface area contributed by atoms with Crippen LogP contribution in [-0.4, -0.2) is 65.3 Å². The van der Waals surface area contributed by atoms with E-state index in [1.807, 2.05) is 6.92 Å². The van der Waals surface area contributed by atoms with Crippen molar-refractivity contribution in [2.24, 2.45) is 5.92 Å². The fraction of sp³-hybridized carbons (Fsp3) is 0.733. The van der Waals surface area contributed by atoms with Crippen molar-refractivity contribution in [3.05, 3.63) is 12.7 Å². The molecular formula is C15H24N2O4. The van der Waals surface area contributed by atoms with Crippen LogP contribution in [0.4, 0.5) is 4.79 Å². The van der Waals surface area contributed by atoms with Crippen LogP contribution in [0.15, 0.2) is 12.7 Å². The van der Waals surface area contributed by atoms with Crippen molar-refractivity contribution in [3.63, 3.8) is 0 Å². The lowest BCUT2D eigenvalue weighted by molar-refractivity contribution is -0.142. The summed E-state index contributed by atoms with van der Waals surface area (Å²) in [7, 11) is 0. The van der Waals surface area contributed by atoms with Gasteiger partial charge < -0.3 is 19.6 Å². The van der Waals surface area contributed by atoms with Crippen molar-refractivity contribution >= 4 is 12.0 Å². The van der Waals surface area contributed by atoms with Crippen LogP contribution in [-0.2, 0) is 9.53 Å². The molecule has 0 aromatic heterocycles. The molecule has 2 fully saturated rings. The summed E-state index contributed by atoms with van der Waals surface area (Å²) in [6.45, 7) is 7.24. The van der Waals surface area contributed by atoms with E-state index in [1.54, 1.807) is 15.9 Å². The largest absolute Gasteiger partial charge is 0.481 e. The zero-order valence-electron chi connectivity index (χ0n) is 12.5. The lowest BCUT2D eigenvalue weighted by Gasteiger charge is -2.35. The molecule has 0 aromatic carbocycles. The molecule has 1 aliphatic heterocycles. The first-order valence-electron chi connectivity index (χ1n) is 7.58. The van der Waals surface area contributed by atoms with E-state index in [0.717, 1.165) is 19.3 Å². The van der Waals surface area contributed by atoms with Gasteiger partial charge in [0.25, 0.3) is 0 Å². The standard InChI is InChI=1S/C15H24N2O4/c1-3-7-16(11-5-6-11)15(20)17(8-4-2)13-10-21-9-12(13)14(18)19/h3,11-13H,1,4-10H2,2H3,(H,18,19). The number of rotatable bonds is 7. The van der Waals surface area contributed by atoms with E-state index in [1.165, 1.54) is 0 Å². The normalized spacial score (nSPS) is 24.6. The van der Waals surface area contributed by atoms with E-state index in [9.17, 15) is 14.7 Å². The van der Waals surface area contributed by atoms with Gasteiger partial charge in [0.15, 0.2) is 0 Å². The van der Waals surface area contributed by atoms with Gasteiger partial charge in [-0.1, -0.05) is 13.0 Å². The Labute approximate surface area is 125 Å². The van der Waals surface area contributed by atoms with E-state index < -0.39 is 11.9 Å². The average molecular weight is 296 g/mol. The number of carbonyl (C=O) groups is 2. The van der Waals surface area contributed by atoms with Gasteiger partial charge in [-0.15, -0.1) is 6.58 Å². The van der Waals surface area contributed by atoms with Gasteiger partial charge in [-0.3, -0.25) is 4.79 Å². The SMILES string of the molecule is C=CCN(C(=O)N(CCC)C1COCC1C(=O)O)C1CC1. The molecule has 2 aliphatic rings. The molecule has 2 unspecified atom stereocenters. The first-order valence-corrected chi connectivity index (χ1v) is 7.58. The minimum Gasteiger partial charge on any atom is -0.481 e. The molecule has 1 heterocycles. The molecule has 0 radical (unpaired) electrons. The number of carboxylic acid groups (broad SMARTS) is 1. The van der Waals surface area contributed by atoms with E-state index in [-0.39, 0.29) is 24.7 Å². The number of hydrogen-bond acceptors (Lipinski definition) is 3. The molecule has 2 amide bonds. The molecule has 0 aromatic rings. The van der Waals surface area contributed by atoms with Crippen LogP contribution in [0.3, 0.4) is 0 Å². The van der Waals surface area contributed by atoms with Gasteiger partial charge in [-0.25, -0.2) is 4.79 Å². The molecule has 6 nitrogen and oxygen atoms in total. The Morgan fingerprint density at radius 2 is 2.05 bits per heavy atom. The summed E-state index contributed by atoms with van der Waals surface area (Å²) in [5, 5.41) is 9.30.